The second kappa shape index (κ2) is 5.98. The highest BCUT2D eigenvalue weighted by molar-refractivity contribution is 8.00. The SMILES string of the molecule is c1cc2ccc1Nc1ccc(cc1)SC1CCC(CC1)S2. The fraction of sp³-hybridized carbons (Fsp3) is 0.333. The standard InChI is InChI=1S/C18H19NS2/c1-5-15-6-2-13(1)19-14-3-7-16(8-4-14)21-18-11-9-17(20-15)10-12-18/h1-8,17-19H,9-12H2. The molecule has 2 aromatic carbocycles. The summed E-state index contributed by atoms with van der Waals surface area (Å²) < 4.78 is 0. The Balaban J connectivity index is 1.68. The molecule has 6 bridgehead atoms. The Hall–Kier alpha value is -1.06. The lowest BCUT2D eigenvalue weighted by Gasteiger charge is -2.27. The van der Waals surface area contributed by atoms with E-state index in [2.05, 4.69) is 77.4 Å². The second-order valence-corrected chi connectivity index (χ2v) is 8.56. The van der Waals surface area contributed by atoms with E-state index in [0.29, 0.717) is 0 Å². The smallest absolute Gasteiger partial charge is 0.0385 e. The lowest BCUT2D eigenvalue weighted by atomic mass is 10.00. The molecule has 2 aromatic rings. The van der Waals surface area contributed by atoms with E-state index in [4.69, 9.17) is 0 Å². The summed E-state index contributed by atoms with van der Waals surface area (Å²) in [6.07, 6.45) is 5.39. The first kappa shape index (κ1) is 13.6. The maximum absolute atomic E-state index is 3.48. The van der Waals surface area contributed by atoms with Crippen LogP contribution >= 0.6 is 23.5 Å². The van der Waals surface area contributed by atoms with Gasteiger partial charge in [-0.2, -0.15) is 0 Å². The minimum Gasteiger partial charge on any atom is -0.356 e. The molecule has 9 rings (SSSR count). The van der Waals surface area contributed by atoms with Crippen LogP contribution in [0.3, 0.4) is 0 Å². The maximum Gasteiger partial charge on any atom is 0.0385 e. The lowest BCUT2D eigenvalue weighted by Crippen LogP contribution is -2.17. The van der Waals surface area contributed by atoms with Gasteiger partial charge >= 0.3 is 0 Å². The summed E-state index contributed by atoms with van der Waals surface area (Å²) in [5.74, 6) is 0. The largest absolute Gasteiger partial charge is 0.356 e. The molecule has 1 fully saturated rings. The summed E-state index contributed by atoms with van der Waals surface area (Å²) in [4.78, 5) is 2.81. The highest BCUT2D eigenvalue weighted by Crippen LogP contribution is 2.40. The molecule has 108 valence electrons. The minimum absolute atomic E-state index is 0.799. The van der Waals surface area contributed by atoms with Gasteiger partial charge in [0.15, 0.2) is 0 Å². The Labute approximate surface area is 134 Å². The minimum atomic E-state index is 0.799. The number of anilines is 2. The maximum atomic E-state index is 3.48. The van der Waals surface area contributed by atoms with Gasteiger partial charge < -0.3 is 5.32 Å². The van der Waals surface area contributed by atoms with E-state index in [1.807, 2.05) is 0 Å². The van der Waals surface area contributed by atoms with Gasteiger partial charge in [-0.1, -0.05) is 0 Å². The molecule has 3 heteroatoms. The number of hydrogen-bond donors (Lipinski definition) is 1. The zero-order valence-corrected chi connectivity index (χ0v) is 13.6. The highest BCUT2D eigenvalue weighted by Gasteiger charge is 2.22. The van der Waals surface area contributed by atoms with Crippen LogP contribution in [-0.2, 0) is 0 Å². The molecule has 0 saturated heterocycles. The fourth-order valence-electron chi connectivity index (χ4n) is 3.05. The molecule has 0 radical (unpaired) electrons. The van der Waals surface area contributed by atoms with Crippen molar-refractivity contribution >= 4 is 34.9 Å². The monoisotopic (exact) mass is 313 g/mol. The molecule has 0 spiro atoms. The van der Waals surface area contributed by atoms with Crippen LogP contribution < -0.4 is 5.32 Å². The Morgan fingerprint density at radius 2 is 1.00 bits per heavy atom. The first-order chi connectivity index (χ1) is 10.3. The van der Waals surface area contributed by atoms with Gasteiger partial charge in [0.25, 0.3) is 0 Å². The van der Waals surface area contributed by atoms with Gasteiger partial charge in [-0.05, 0) is 74.2 Å². The van der Waals surface area contributed by atoms with E-state index in [1.165, 1.54) is 46.8 Å². The molecule has 1 aliphatic carbocycles. The van der Waals surface area contributed by atoms with Crippen molar-refractivity contribution in [2.45, 2.75) is 46.0 Å². The van der Waals surface area contributed by atoms with E-state index < -0.39 is 0 Å². The molecule has 6 aliphatic heterocycles. The van der Waals surface area contributed by atoms with E-state index >= 15 is 0 Å². The van der Waals surface area contributed by atoms with E-state index in [9.17, 15) is 0 Å². The van der Waals surface area contributed by atoms with Gasteiger partial charge in [0.2, 0.25) is 0 Å². The zero-order chi connectivity index (χ0) is 14.1. The van der Waals surface area contributed by atoms with Gasteiger partial charge in [0.05, 0.1) is 0 Å². The first-order valence-electron chi connectivity index (χ1n) is 7.66. The van der Waals surface area contributed by atoms with Crippen LogP contribution in [0.1, 0.15) is 25.7 Å². The third kappa shape index (κ3) is 3.24. The molecular weight excluding hydrogens is 294 g/mol. The van der Waals surface area contributed by atoms with Crippen LogP contribution in [-0.4, -0.2) is 10.5 Å². The number of thioether (sulfide) groups is 2. The summed E-state index contributed by atoms with van der Waals surface area (Å²) in [5, 5.41) is 5.08. The summed E-state index contributed by atoms with van der Waals surface area (Å²) in [7, 11) is 0. The van der Waals surface area contributed by atoms with Crippen molar-refractivity contribution in [2.75, 3.05) is 5.32 Å². The van der Waals surface area contributed by atoms with Gasteiger partial charge in [0.1, 0.15) is 0 Å². The van der Waals surface area contributed by atoms with Crippen molar-refractivity contribution in [1.29, 1.82) is 0 Å². The number of nitrogens with one attached hydrogen (secondary N) is 1. The van der Waals surface area contributed by atoms with Crippen molar-refractivity contribution < 1.29 is 0 Å². The van der Waals surface area contributed by atoms with Crippen molar-refractivity contribution in [1.82, 2.24) is 0 Å². The second-order valence-electron chi connectivity index (χ2n) is 5.81. The average Bonchev–Trinajstić information content (AvgIpc) is 2.55. The Bertz CT molecular complexity index is 543. The molecule has 1 nitrogen and oxygen atoms in total. The topological polar surface area (TPSA) is 12.0 Å². The number of hydrogen-bond acceptors (Lipinski definition) is 3. The Morgan fingerprint density at radius 3 is 1.38 bits per heavy atom. The summed E-state index contributed by atoms with van der Waals surface area (Å²) >= 11 is 4.12. The molecule has 0 amide bonds. The molecule has 0 unspecified atom stereocenters. The Kier molecular flexibility index (Phi) is 3.87. The van der Waals surface area contributed by atoms with Crippen LogP contribution in [0.5, 0.6) is 0 Å². The molecule has 0 aromatic heterocycles. The van der Waals surface area contributed by atoms with Crippen LogP contribution in [0.25, 0.3) is 0 Å². The van der Waals surface area contributed by atoms with Crippen molar-refractivity contribution in [3.63, 3.8) is 0 Å². The van der Waals surface area contributed by atoms with E-state index in [-0.39, 0.29) is 0 Å². The van der Waals surface area contributed by atoms with Gasteiger partial charge in [-0.15, -0.1) is 23.5 Å². The predicted molar refractivity (Wildman–Crippen MR) is 93.9 cm³/mol. The zero-order valence-electron chi connectivity index (χ0n) is 11.9. The normalized spacial score (nSPS) is 24.4. The third-order valence-electron chi connectivity index (χ3n) is 4.22. The number of benzene rings is 2. The van der Waals surface area contributed by atoms with Crippen molar-refractivity contribution in [3.05, 3.63) is 48.5 Å². The van der Waals surface area contributed by atoms with Crippen LogP contribution in [0.15, 0.2) is 58.3 Å². The Morgan fingerprint density at radius 1 is 0.619 bits per heavy atom. The lowest BCUT2D eigenvalue weighted by molar-refractivity contribution is 0.528. The average molecular weight is 313 g/mol. The molecule has 0 atom stereocenters. The highest BCUT2D eigenvalue weighted by atomic mass is 32.2. The quantitative estimate of drug-likeness (QED) is 0.646. The molecule has 21 heavy (non-hydrogen) atoms. The molecule has 7 aliphatic rings. The van der Waals surface area contributed by atoms with Crippen LogP contribution in [0.4, 0.5) is 11.4 Å². The van der Waals surface area contributed by atoms with E-state index in [1.54, 1.807) is 0 Å². The van der Waals surface area contributed by atoms with Crippen LogP contribution in [0, 0.1) is 0 Å². The summed E-state index contributed by atoms with van der Waals surface area (Å²) in [6, 6.07) is 17.8. The van der Waals surface area contributed by atoms with Crippen LogP contribution in [0.2, 0.25) is 0 Å². The molecular formula is C18H19NS2. The number of rotatable bonds is 0. The molecule has 1 saturated carbocycles. The van der Waals surface area contributed by atoms with E-state index in [0.717, 1.165) is 10.5 Å². The first-order valence-corrected chi connectivity index (χ1v) is 9.41. The van der Waals surface area contributed by atoms with Crippen molar-refractivity contribution in [2.24, 2.45) is 0 Å². The summed E-state index contributed by atoms with van der Waals surface area (Å²) in [5.41, 5.74) is 2.33. The van der Waals surface area contributed by atoms with Gasteiger partial charge in [-0.25, -0.2) is 0 Å². The molecule has 6 heterocycles. The fourth-order valence-corrected chi connectivity index (χ4v) is 5.43. The summed E-state index contributed by atoms with van der Waals surface area (Å²) in [6.45, 7) is 0. The molecule has 1 N–H and O–H groups in total. The van der Waals surface area contributed by atoms with Gasteiger partial charge in [0, 0.05) is 31.7 Å². The van der Waals surface area contributed by atoms with Gasteiger partial charge in [-0.3, -0.25) is 0 Å². The third-order valence-corrected chi connectivity index (χ3v) is 6.92. The van der Waals surface area contributed by atoms with Crippen molar-refractivity contribution in [3.8, 4) is 0 Å². The predicted octanol–water partition coefficient (Wildman–Crippen LogP) is 5.94.